The lowest BCUT2D eigenvalue weighted by Crippen LogP contribution is -2.50. The van der Waals surface area contributed by atoms with Crippen molar-refractivity contribution < 1.29 is 19.1 Å². The summed E-state index contributed by atoms with van der Waals surface area (Å²) in [4.78, 5) is 30.0. The zero-order valence-electron chi connectivity index (χ0n) is 19.0. The lowest BCUT2D eigenvalue weighted by atomic mass is 9.77. The maximum atomic E-state index is 13.0. The van der Waals surface area contributed by atoms with Gasteiger partial charge in [-0.1, -0.05) is 29.8 Å². The van der Waals surface area contributed by atoms with E-state index in [1.807, 2.05) is 35.2 Å². The Morgan fingerprint density at radius 1 is 1.16 bits per heavy atom. The molecule has 6 atom stereocenters. The first-order valence-electron chi connectivity index (χ1n) is 12.1. The fraction of sp³-hybridized carbons (Fsp3) is 0.615. The highest BCUT2D eigenvalue weighted by atomic mass is 16.6. The number of hydrogen-bond donors (Lipinski definition) is 0. The highest BCUT2D eigenvalue weighted by Crippen LogP contribution is 2.67. The molecule has 1 aromatic rings. The molecule has 1 aromatic carbocycles. The van der Waals surface area contributed by atoms with Crippen LogP contribution in [0.25, 0.3) is 0 Å². The number of nitrogens with zero attached hydrogens (tertiary/aromatic N) is 2. The molecule has 1 spiro atoms. The molecule has 6 rings (SSSR count). The van der Waals surface area contributed by atoms with E-state index < -0.39 is 0 Å². The van der Waals surface area contributed by atoms with E-state index >= 15 is 0 Å². The number of esters is 1. The summed E-state index contributed by atoms with van der Waals surface area (Å²) in [5.74, 6) is 0.428. The molecule has 5 aliphatic rings. The van der Waals surface area contributed by atoms with Gasteiger partial charge in [-0.25, -0.2) is 0 Å². The van der Waals surface area contributed by atoms with Crippen molar-refractivity contribution in [2.24, 2.45) is 17.8 Å². The Bertz CT molecular complexity index is 969. The maximum Gasteiger partial charge on any atom is 0.310 e. The van der Waals surface area contributed by atoms with Gasteiger partial charge in [0.1, 0.15) is 11.7 Å². The third-order valence-electron chi connectivity index (χ3n) is 8.89. The van der Waals surface area contributed by atoms with Crippen LogP contribution in [0.1, 0.15) is 43.5 Å². The minimum Gasteiger partial charge on any atom is -0.461 e. The van der Waals surface area contributed by atoms with E-state index in [9.17, 15) is 9.59 Å². The first kappa shape index (κ1) is 20.4. The number of epoxide rings is 1. The van der Waals surface area contributed by atoms with Crippen LogP contribution >= 0.6 is 0 Å². The van der Waals surface area contributed by atoms with Crippen LogP contribution in [0.15, 0.2) is 42.0 Å². The SMILES string of the molecule is CC1=CC[C@]23O[C@@]2(C)CC[C@H]2C(CN4CCN(C(=O)c5ccccc5)CC4)C(=O)OC2C13. The molecule has 0 aromatic heterocycles. The number of rotatable bonds is 3. The van der Waals surface area contributed by atoms with Crippen LogP contribution in [0.4, 0.5) is 0 Å². The standard InChI is InChI=1S/C26H32N2O4/c1-17-8-11-26-21(17)22-19(9-10-25(26,2)32-26)20(24(30)31-22)16-27-12-14-28(15-13-27)23(29)18-6-4-3-5-7-18/h3-8,19-22H,9-16H2,1-2H3/t19-,20?,21?,22?,25-,26+/m0/s1. The van der Waals surface area contributed by atoms with Crippen LogP contribution in [0, 0.1) is 17.8 Å². The number of amides is 1. The second-order valence-corrected chi connectivity index (χ2v) is 10.5. The Morgan fingerprint density at radius 3 is 2.66 bits per heavy atom. The molecule has 32 heavy (non-hydrogen) atoms. The number of carbonyl (C=O) groups excluding carboxylic acids is 2. The average Bonchev–Trinajstić information content (AvgIpc) is 3.12. The summed E-state index contributed by atoms with van der Waals surface area (Å²) in [6.07, 6.45) is 5.16. The molecule has 2 aliphatic carbocycles. The van der Waals surface area contributed by atoms with Crippen molar-refractivity contribution in [1.29, 1.82) is 0 Å². The third kappa shape index (κ3) is 2.92. The van der Waals surface area contributed by atoms with E-state index in [-0.39, 0.29) is 46.9 Å². The van der Waals surface area contributed by atoms with Crippen LogP contribution in [-0.4, -0.2) is 71.7 Å². The summed E-state index contributed by atoms with van der Waals surface area (Å²) in [5.41, 5.74) is 1.85. The van der Waals surface area contributed by atoms with Gasteiger partial charge in [-0.15, -0.1) is 0 Å². The second-order valence-electron chi connectivity index (χ2n) is 10.5. The summed E-state index contributed by atoms with van der Waals surface area (Å²) in [6, 6.07) is 9.47. The summed E-state index contributed by atoms with van der Waals surface area (Å²) in [7, 11) is 0. The van der Waals surface area contributed by atoms with Gasteiger partial charge in [0.15, 0.2) is 0 Å². The van der Waals surface area contributed by atoms with Gasteiger partial charge < -0.3 is 14.4 Å². The Balaban J connectivity index is 1.12. The van der Waals surface area contributed by atoms with E-state index in [0.717, 1.165) is 44.5 Å². The van der Waals surface area contributed by atoms with Crippen molar-refractivity contribution in [2.75, 3.05) is 32.7 Å². The van der Waals surface area contributed by atoms with E-state index in [0.29, 0.717) is 13.1 Å². The van der Waals surface area contributed by atoms with Gasteiger partial charge in [0.25, 0.3) is 5.91 Å². The predicted octanol–water partition coefficient (Wildman–Crippen LogP) is 2.89. The largest absolute Gasteiger partial charge is 0.461 e. The Hall–Kier alpha value is -2.18. The fourth-order valence-corrected chi connectivity index (χ4v) is 6.97. The van der Waals surface area contributed by atoms with Crippen molar-refractivity contribution in [3.8, 4) is 0 Å². The highest BCUT2D eigenvalue weighted by molar-refractivity contribution is 5.94. The Labute approximate surface area is 189 Å². The lowest BCUT2D eigenvalue weighted by Gasteiger charge is -2.36. The van der Waals surface area contributed by atoms with Crippen LogP contribution < -0.4 is 0 Å². The van der Waals surface area contributed by atoms with Crippen LogP contribution in [-0.2, 0) is 14.3 Å². The molecule has 0 bridgehead atoms. The van der Waals surface area contributed by atoms with E-state index in [1.165, 1.54) is 5.57 Å². The van der Waals surface area contributed by atoms with Crippen molar-refractivity contribution >= 4 is 11.9 Å². The molecule has 3 unspecified atom stereocenters. The van der Waals surface area contributed by atoms with Crippen LogP contribution in [0.2, 0.25) is 0 Å². The van der Waals surface area contributed by atoms with Gasteiger partial charge in [0, 0.05) is 50.1 Å². The highest BCUT2D eigenvalue weighted by Gasteiger charge is 2.75. The minimum absolute atomic E-state index is 0.0399. The summed E-state index contributed by atoms with van der Waals surface area (Å²) in [6.45, 7) is 8.14. The second kappa shape index (κ2) is 7.16. The quantitative estimate of drug-likeness (QED) is 0.414. The number of benzene rings is 1. The van der Waals surface area contributed by atoms with Crippen LogP contribution in [0.3, 0.4) is 0 Å². The summed E-state index contributed by atoms with van der Waals surface area (Å²) in [5, 5.41) is 0. The third-order valence-corrected chi connectivity index (χ3v) is 8.89. The molecule has 170 valence electrons. The molecule has 3 heterocycles. The molecule has 1 saturated carbocycles. The van der Waals surface area contributed by atoms with Gasteiger partial charge in [0.05, 0.1) is 11.5 Å². The smallest absolute Gasteiger partial charge is 0.310 e. The minimum atomic E-state index is -0.144. The zero-order valence-corrected chi connectivity index (χ0v) is 19.0. The first-order valence-corrected chi connectivity index (χ1v) is 12.1. The van der Waals surface area contributed by atoms with Gasteiger partial charge in [-0.2, -0.15) is 0 Å². The van der Waals surface area contributed by atoms with Gasteiger partial charge in [0.2, 0.25) is 0 Å². The number of ether oxygens (including phenoxy) is 2. The maximum absolute atomic E-state index is 13.0. The molecule has 3 aliphatic heterocycles. The number of hydrogen-bond acceptors (Lipinski definition) is 5. The molecule has 4 fully saturated rings. The van der Waals surface area contributed by atoms with E-state index in [4.69, 9.17) is 9.47 Å². The van der Waals surface area contributed by atoms with Crippen LogP contribution in [0.5, 0.6) is 0 Å². The molecule has 3 saturated heterocycles. The van der Waals surface area contributed by atoms with Gasteiger partial charge >= 0.3 is 5.97 Å². The predicted molar refractivity (Wildman–Crippen MR) is 119 cm³/mol. The first-order chi connectivity index (χ1) is 15.4. The Kier molecular flexibility index (Phi) is 4.57. The number of fused-ring (bicyclic) bond motifs is 2. The van der Waals surface area contributed by atoms with Crippen molar-refractivity contribution in [3.05, 3.63) is 47.5 Å². The van der Waals surface area contributed by atoms with Gasteiger partial charge in [-0.05, 0) is 45.2 Å². The lowest BCUT2D eigenvalue weighted by molar-refractivity contribution is -0.146. The van der Waals surface area contributed by atoms with Crippen molar-refractivity contribution in [1.82, 2.24) is 9.80 Å². The topological polar surface area (TPSA) is 62.4 Å². The summed E-state index contributed by atoms with van der Waals surface area (Å²) >= 11 is 0. The fourth-order valence-electron chi connectivity index (χ4n) is 6.97. The monoisotopic (exact) mass is 436 g/mol. The molecule has 6 nitrogen and oxygen atoms in total. The molecule has 0 N–H and O–H groups in total. The molecule has 0 radical (unpaired) electrons. The van der Waals surface area contributed by atoms with Gasteiger partial charge in [-0.3, -0.25) is 14.5 Å². The number of carbonyl (C=O) groups is 2. The molecule has 1 amide bonds. The normalized spacial score (nSPS) is 40.6. The van der Waals surface area contributed by atoms with E-state index in [1.54, 1.807) is 0 Å². The zero-order chi connectivity index (χ0) is 22.1. The Morgan fingerprint density at radius 2 is 1.91 bits per heavy atom. The molecular formula is C26H32N2O4. The molecule has 6 heteroatoms. The number of piperazine rings is 1. The average molecular weight is 437 g/mol. The summed E-state index contributed by atoms with van der Waals surface area (Å²) < 4.78 is 12.4. The van der Waals surface area contributed by atoms with Crippen molar-refractivity contribution in [2.45, 2.75) is 50.4 Å². The van der Waals surface area contributed by atoms with Crippen molar-refractivity contribution in [3.63, 3.8) is 0 Å². The molecular weight excluding hydrogens is 404 g/mol. The van der Waals surface area contributed by atoms with E-state index in [2.05, 4.69) is 24.8 Å².